The lowest BCUT2D eigenvalue weighted by molar-refractivity contribution is -0.230. The van der Waals surface area contributed by atoms with Crippen LogP contribution in [0.4, 0.5) is 59.9 Å². The van der Waals surface area contributed by atoms with Crippen LogP contribution in [-0.4, -0.2) is 156 Å². The number of aliphatic carboxylic acids is 4. The number of anilines is 2. The van der Waals surface area contributed by atoms with Gasteiger partial charge in [-0.05, 0) is 59.8 Å². The molecule has 0 aliphatic rings. The Balaban J connectivity index is 0.000000174. The van der Waals surface area contributed by atoms with Crippen molar-refractivity contribution in [3.8, 4) is 51.6 Å². The van der Waals surface area contributed by atoms with Crippen LogP contribution in [0.15, 0.2) is 98.6 Å². The predicted octanol–water partition coefficient (Wildman–Crippen LogP) is 15.8. The largest absolute Gasteiger partial charge is 0.481 e. The van der Waals surface area contributed by atoms with Gasteiger partial charge in [-0.25, -0.2) is 86.2 Å². The van der Waals surface area contributed by atoms with Gasteiger partial charge in [0.15, 0.2) is 46.6 Å². The monoisotopic (exact) mass is 1610 g/mol. The van der Waals surface area contributed by atoms with Crippen molar-refractivity contribution in [3.05, 3.63) is 156 Å². The minimum absolute atomic E-state index is 0.0103. The number of aromatic amines is 4. The van der Waals surface area contributed by atoms with Gasteiger partial charge in [0.1, 0.15) is 57.0 Å². The van der Waals surface area contributed by atoms with Crippen molar-refractivity contribution in [2.45, 2.75) is 119 Å². The zero-order valence-electron chi connectivity index (χ0n) is 62.0. The van der Waals surface area contributed by atoms with E-state index in [9.17, 15) is 77.7 Å². The molecule has 0 aromatic carbocycles. The summed E-state index contributed by atoms with van der Waals surface area (Å²) >= 11 is 6.22. The Hall–Kier alpha value is -12.4. The molecule has 3 unspecified atom stereocenters. The number of carboxylic acid groups (broad SMARTS) is 4. The maximum absolute atomic E-state index is 14.4. The standard InChI is InChI=1S/C20H20FN5O2.C19H17F5N4O2.C18H19ClFN5O2.C18H17F4N5O2/c1-20(2,3)12(6-17(27)28)5-16-15(21)10-25-19(26-16)14-9-24-18-13(14)4-11(7-22)8-23-18;1-18(2,19(22,23)24)9(4-15(29)30)3-14-13(21)8-27-17(28-14)12-7-26-16-11(12)5-10(20)6-25-16;1-18(2,3)13(5-14(26)27)24-17-12(19)8-23-16(25-17)11-7-22-15-10(11)4-9(20)6-21-15;1-18(7-19,8-20)13(3-14(28)29)26-17-12(22)6-25-16(27-17)11-5-24-15-10(11)2-9(21)4-23-15/h4,8-10,12H,5-6H2,1-3H3,(H,23,24)(H,27,28);5-9H,3-4H2,1-2H3,(H,25,26)(H,29,30);4,6-8,13H,5H2,1-3H3,(H,21,22)(H,26,27)(H,23,24,25);2,4-6,13H,3,7-8H2,1H3,(H,23,24)(H,28,29)(H,25,26,27)/t12-;;;/m1.../s1. The highest BCUT2D eigenvalue weighted by Gasteiger charge is 2.53. The van der Waals surface area contributed by atoms with Crippen molar-refractivity contribution in [2.75, 3.05) is 24.0 Å². The van der Waals surface area contributed by atoms with Gasteiger partial charge in [-0.2, -0.15) is 18.4 Å². The van der Waals surface area contributed by atoms with Crippen molar-refractivity contribution in [3.63, 3.8) is 0 Å². The van der Waals surface area contributed by atoms with Crippen molar-refractivity contribution in [1.82, 2.24) is 79.7 Å². The van der Waals surface area contributed by atoms with Crippen LogP contribution in [0.5, 0.6) is 0 Å². The first kappa shape index (κ1) is 85.6. The molecule has 0 bridgehead atoms. The molecule has 12 aromatic rings. The number of hydrogen-bond donors (Lipinski definition) is 10. The van der Waals surface area contributed by atoms with Crippen LogP contribution in [0, 0.1) is 79.7 Å². The molecule has 0 amide bonds. The highest BCUT2D eigenvalue weighted by atomic mass is 35.5. The normalized spacial score (nSPS) is 13.0. The summed E-state index contributed by atoms with van der Waals surface area (Å²) < 4.78 is 151. The fraction of sp³-hybridized carbons (Fsp3) is 0.347. The molecule has 0 radical (unpaired) electrons. The second kappa shape index (κ2) is 35.1. The SMILES string of the molecule is CC(C)(C(CC(=O)O)Cc1nc(-c2c[nH]c3ncc(F)cc23)ncc1F)C(F)(F)F.CC(C)(C)C(CC(=O)O)Nc1nc(-c2c[nH]c3ncc(F)cc23)ncc1Cl.CC(C)(C)[C@@H](CC(=O)O)Cc1nc(-c2c[nH]c3ncc(C#N)cc23)ncc1F.CC(CF)(CF)C(CC(=O)O)Nc1nc(-c2c[nH]c3ncc(F)cc23)ncc1F. The van der Waals surface area contributed by atoms with Crippen molar-refractivity contribution in [1.29, 1.82) is 5.26 Å². The van der Waals surface area contributed by atoms with E-state index in [1.807, 2.05) is 47.6 Å². The number of nitriles is 1. The van der Waals surface area contributed by atoms with Crippen LogP contribution in [0.2, 0.25) is 5.02 Å². The van der Waals surface area contributed by atoms with Gasteiger partial charge in [0, 0.05) is 105 Å². The van der Waals surface area contributed by atoms with Gasteiger partial charge in [0.05, 0.1) is 91.9 Å². The molecule has 600 valence electrons. The molecule has 114 heavy (non-hydrogen) atoms. The number of nitrogens with one attached hydrogen (secondary N) is 6. The Labute approximate surface area is 645 Å². The van der Waals surface area contributed by atoms with Gasteiger partial charge in [0.2, 0.25) is 0 Å². The predicted molar refractivity (Wildman–Crippen MR) is 395 cm³/mol. The molecule has 0 fully saturated rings. The number of aromatic nitrogens is 16. The number of H-pyrrole nitrogens is 4. The molecule has 27 nitrogen and oxygen atoms in total. The molecule has 12 heterocycles. The first-order valence-corrected chi connectivity index (χ1v) is 34.8. The molecule has 0 saturated heterocycles. The lowest BCUT2D eigenvalue weighted by Gasteiger charge is -2.35. The van der Waals surface area contributed by atoms with E-state index in [4.69, 9.17) is 27.1 Å². The zero-order valence-corrected chi connectivity index (χ0v) is 62.7. The molecule has 0 spiro atoms. The van der Waals surface area contributed by atoms with Crippen LogP contribution < -0.4 is 10.6 Å². The highest BCUT2D eigenvalue weighted by molar-refractivity contribution is 6.32. The van der Waals surface area contributed by atoms with E-state index in [1.165, 1.54) is 49.9 Å². The Morgan fingerprint density at radius 2 is 0.807 bits per heavy atom. The van der Waals surface area contributed by atoms with Crippen LogP contribution in [0.1, 0.15) is 105 Å². The summed E-state index contributed by atoms with van der Waals surface area (Å²) in [7, 11) is 0. The third-order valence-electron chi connectivity index (χ3n) is 18.8. The fourth-order valence-electron chi connectivity index (χ4n) is 11.6. The lowest BCUT2D eigenvalue weighted by Crippen LogP contribution is -2.43. The van der Waals surface area contributed by atoms with Crippen LogP contribution in [0.25, 0.3) is 89.7 Å². The number of alkyl halides is 5. The average Bonchev–Trinajstić information content (AvgIpc) is 1.56. The van der Waals surface area contributed by atoms with E-state index in [-0.39, 0.29) is 69.6 Å². The molecular weight excluding hydrogens is 1540 g/mol. The summed E-state index contributed by atoms with van der Waals surface area (Å²) in [6, 6.07) is 5.73. The highest BCUT2D eigenvalue weighted by Crippen LogP contribution is 2.47. The second-order valence-electron chi connectivity index (χ2n) is 29.4. The van der Waals surface area contributed by atoms with Crippen molar-refractivity contribution in [2.24, 2.45) is 33.5 Å². The Morgan fingerprint density at radius 1 is 0.456 bits per heavy atom. The lowest BCUT2D eigenvalue weighted by atomic mass is 9.74. The quantitative estimate of drug-likeness (QED) is 0.0251. The van der Waals surface area contributed by atoms with E-state index in [1.54, 1.807) is 18.5 Å². The number of carbonyl (C=O) groups is 4. The van der Waals surface area contributed by atoms with E-state index in [0.29, 0.717) is 83.9 Å². The summed E-state index contributed by atoms with van der Waals surface area (Å²) in [6.45, 7) is 12.2. The topological polar surface area (TPSA) is 415 Å². The summed E-state index contributed by atoms with van der Waals surface area (Å²) in [4.78, 5) is 105. The number of fused-ring (bicyclic) bond motifs is 4. The van der Waals surface area contributed by atoms with Gasteiger partial charge in [-0.3, -0.25) is 28.0 Å². The number of hydrogen-bond acceptors (Lipinski definition) is 19. The maximum atomic E-state index is 14.4. The van der Waals surface area contributed by atoms with Gasteiger partial charge in [-0.15, -0.1) is 0 Å². The van der Waals surface area contributed by atoms with E-state index < -0.39 is 132 Å². The second-order valence-corrected chi connectivity index (χ2v) is 29.8. The summed E-state index contributed by atoms with van der Waals surface area (Å²) in [5, 5.41) is 53.4. The first-order valence-electron chi connectivity index (χ1n) is 34.4. The Morgan fingerprint density at radius 3 is 1.19 bits per heavy atom. The van der Waals surface area contributed by atoms with E-state index in [2.05, 4.69) is 90.4 Å². The summed E-state index contributed by atoms with van der Waals surface area (Å²) in [5.41, 5.74) is -1.04. The third kappa shape index (κ3) is 20.6. The molecule has 0 aliphatic carbocycles. The van der Waals surface area contributed by atoms with Crippen LogP contribution in [0.3, 0.4) is 0 Å². The first-order chi connectivity index (χ1) is 53.5. The van der Waals surface area contributed by atoms with Gasteiger partial charge in [0.25, 0.3) is 0 Å². The van der Waals surface area contributed by atoms with Crippen molar-refractivity contribution < 1.29 is 87.9 Å². The Kier molecular flexibility index (Phi) is 26.3. The summed E-state index contributed by atoms with van der Waals surface area (Å²) in [5.74, 6) is -10.1. The van der Waals surface area contributed by atoms with Crippen molar-refractivity contribution >= 4 is 91.2 Å². The maximum Gasteiger partial charge on any atom is 0.394 e. The average molecular weight is 1610 g/mol. The minimum atomic E-state index is -4.71. The summed E-state index contributed by atoms with van der Waals surface area (Å²) in [6.07, 6.45) is 8.16. The molecule has 0 aliphatic heterocycles. The number of pyridine rings is 4. The van der Waals surface area contributed by atoms with E-state index in [0.717, 1.165) is 51.0 Å². The molecule has 12 rings (SSSR count). The molecule has 10 N–H and O–H groups in total. The van der Waals surface area contributed by atoms with E-state index >= 15 is 0 Å². The molecule has 12 aromatic heterocycles. The molecular formula is C75H73ClF11N19O8. The van der Waals surface area contributed by atoms with Crippen LogP contribution in [-0.2, 0) is 32.0 Å². The van der Waals surface area contributed by atoms with Crippen LogP contribution >= 0.6 is 11.6 Å². The number of nitrogens with zero attached hydrogens (tertiary/aromatic N) is 13. The number of rotatable bonds is 24. The minimum Gasteiger partial charge on any atom is -0.481 e. The third-order valence-corrected chi connectivity index (χ3v) is 19.1. The Bertz CT molecular complexity index is 5560. The smallest absolute Gasteiger partial charge is 0.394 e. The molecule has 39 heteroatoms. The van der Waals surface area contributed by atoms with Gasteiger partial charge < -0.3 is 51.0 Å². The number of carboxylic acids is 4. The number of halogens is 12. The fourth-order valence-corrected chi connectivity index (χ4v) is 11.8. The molecule has 4 atom stereocenters. The zero-order chi connectivity index (χ0) is 83.7. The van der Waals surface area contributed by atoms with Gasteiger partial charge in [-0.1, -0.05) is 73.9 Å². The van der Waals surface area contributed by atoms with Gasteiger partial charge >= 0.3 is 30.1 Å². The molecule has 0 saturated carbocycles.